The van der Waals surface area contributed by atoms with Crippen molar-refractivity contribution < 1.29 is 23.9 Å². The highest BCUT2D eigenvalue weighted by atomic mass is 16.6. The van der Waals surface area contributed by atoms with E-state index in [0.717, 1.165) is 37.7 Å². The summed E-state index contributed by atoms with van der Waals surface area (Å²) in [6, 6.07) is 0. The van der Waals surface area contributed by atoms with E-state index >= 15 is 0 Å². The summed E-state index contributed by atoms with van der Waals surface area (Å²) in [5, 5.41) is 2.89. The van der Waals surface area contributed by atoms with Crippen molar-refractivity contribution >= 4 is 17.7 Å². The summed E-state index contributed by atoms with van der Waals surface area (Å²) in [7, 11) is 1.70. The largest absolute Gasteiger partial charge is 0.458 e. The molecule has 1 N–H and O–H groups in total. The van der Waals surface area contributed by atoms with Crippen LogP contribution >= 0.6 is 0 Å². The number of fused-ring (bicyclic) bond motifs is 4. The molecule has 0 aromatic carbocycles. The molecule has 0 bridgehead atoms. The maximum absolute atomic E-state index is 13.1. The van der Waals surface area contributed by atoms with Crippen molar-refractivity contribution in [1.82, 2.24) is 5.32 Å². The number of carbonyl (C=O) groups excluding carboxylic acids is 3. The molecule has 30 heavy (non-hydrogen) atoms. The molecular weight excluding hydrogens is 382 g/mol. The lowest BCUT2D eigenvalue weighted by Crippen LogP contribution is -2.63. The van der Waals surface area contributed by atoms with Gasteiger partial charge >= 0.3 is 5.97 Å². The lowest BCUT2D eigenvalue weighted by molar-refractivity contribution is -0.167. The van der Waals surface area contributed by atoms with Gasteiger partial charge in [-0.05, 0) is 50.5 Å². The van der Waals surface area contributed by atoms with Gasteiger partial charge in [0.15, 0.2) is 5.78 Å². The van der Waals surface area contributed by atoms with Crippen LogP contribution in [0, 0.1) is 28.6 Å². The number of amides is 1. The number of nitrogens with one attached hydrogen (secondary N) is 1. The predicted octanol–water partition coefficient (Wildman–Crippen LogP) is 2.70. The first kappa shape index (κ1) is 19.0. The van der Waals surface area contributed by atoms with Crippen molar-refractivity contribution in [3.8, 4) is 0 Å². The van der Waals surface area contributed by atoms with Gasteiger partial charge in [0.2, 0.25) is 5.91 Å². The van der Waals surface area contributed by atoms with E-state index in [1.165, 1.54) is 0 Å². The van der Waals surface area contributed by atoms with Gasteiger partial charge < -0.3 is 14.8 Å². The van der Waals surface area contributed by atoms with Crippen molar-refractivity contribution in [2.75, 3.05) is 7.05 Å². The molecule has 6 aliphatic rings. The summed E-state index contributed by atoms with van der Waals surface area (Å²) in [6.07, 6.45) is 7.86. The quantitative estimate of drug-likeness (QED) is 0.528. The number of carbonyl (C=O) groups is 3. The fourth-order valence-electron chi connectivity index (χ4n) is 8.75. The first-order chi connectivity index (χ1) is 14.2. The number of rotatable bonds is 1. The van der Waals surface area contributed by atoms with Gasteiger partial charge in [0.1, 0.15) is 11.2 Å². The number of ether oxygens (including phenoxy) is 2. The van der Waals surface area contributed by atoms with E-state index in [4.69, 9.17) is 9.47 Å². The Morgan fingerprint density at radius 2 is 1.97 bits per heavy atom. The molecule has 2 saturated heterocycles. The number of epoxide rings is 1. The Kier molecular flexibility index (Phi) is 3.53. The standard InChI is InChI=1S/C24H31NO5/c1-21-7-4-14(26)10-13(21)11-15(20(28)25-3)19-16-5-8-23(9-6-18(27)30-23)22(16,2)12-17-24(19,21)29-17/h10,15-17,19H,4-9,11-12H2,1-3H3,(H,25,28)/t15?,16?,17-,19?,21-,22-,23+,24?/m0/s1. The first-order valence-corrected chi connectivity index (χ1v) is 11.6. The van der Waals surface area contributed by atoms with Crippen molar-refractivity contribution in [2.24, 2.45) is 28.6 Å². The van der Waals surface area contributed by atoms with Crippen LogP contribution in [0.4, 0.5) is 0 Å². The average Bonchev–Trinajstić information content (AvgIpc) is 3.20. The molecule has 6 rings (SSSR count). The van der Waals surface area contributed by atoms with E-state index in [9.17, 15) is 14.4 Å². The maximum atomic E-state index is 13.1. The SMILES string of the molecule is CNC(=O)C1CC2=CC(=O)CC[C@]2(C)C23O[C@H]2C[C@@]2(C)C(CC[C@@]24CCC(=O)O4)C13. The van der Waals surface area contributed by atoms with Crippen LogP contribution in [0.2, 0.25) is 0 Å². The Hall–Kier alpha value is -1.69. The maximum Gasteiger partial charge on any atom is 0.306 e. The monoisotopic (exact) mass is 413 g/mol. The zero-order valence-electron chi connectivity index (χ0n) is 18.1. The van der Waals surface area contributed by atoms with E-state index in [2.05, 4.69) is 19.2 Å². The first-order valence-electron chi connectivity index (χ1n) is 11.6. The van der Waals surface area contributed by atoms with Gasteiger partial charge in [-0.25, -0.2) is 0 Å². The predicted molar refractivity (Wildman–Crippen MR) is 107 cm³/mol. The molecule has 1 amide bonds. The van der Waals surface area contributed by atoms with Crippen molar-refractivity contribution in [1.29, 1.82) is 0 Å². The molecule has 8 atom stereocenters. The number of ketones is 1. The summed E-state index contributed by atoms with van der Waals surface area (Å²) < 4.78 is 12.7. The molecule has 6 nitrogen and oxygen atoms in total. The average molecular weight is 414 g/mol. The van der Waals surface area contributed by atoms with Crippen molar-refractivity contribution in [2.45, 2.75) is 82.5 Å². The molecule has 6 heteroatoms. The number of hydrogen-bond acceptors (Lipinski definition) is 5. The van der Waals surface area contributed by atoms with Crippen LogP contribution in [-0.4, -0.2) is 42.0 Å². The fraction of sp³-hybridized carbons (Fsp3) is 0.792. The molecule has 162 valence electrons. The normalized spacial score (nSPS) is 53.2. The second-order valence-electron chi connectivity index (χ2n) is 11.1. The van der Waals surface area contributed by atoms with Gasteiger partial charge in [-0.1, -0.05) is 19.4 Å². The van der Waals surface area contributed by atoms with Crippen LogP contribution < -0.4 is 5.32 Å². The molecule has 0 aromatic heterocycles. The van der Waals surface area contributed by atoms with Crippen LogP contribution in [-0.2, 0) is 23.9 Å². The second-order valence-corrected chi connectivity index (χ2v) is 11.1. The summed E-state index contributed by atoms with van der Waals surface area (Å²) in [6.45, 7) is 4.55. The molecule has 3 saturated carbocycles. The molecule has 2 aliphatic heterocycles. The third-order valence-electron chi connectivity index (χ3n) is 10.3. The van der Waals surface area contributed by atoms with Gasteiger partial charge in [0, 0.05) is 42.6 Å². The topological polar surface area (TPSA) is 85.0 Å². The number of esters is 1. The summed E-state index contributed by atoms with van der Waals surface area (Å²) in [4.78, 5) is 37.5. The molecule has 4 aliphatic carbocycles. The van der Waals surface area contributed by atoms with Gasteiger partial charge in [-0.15, -0.1) is 0 Å². The zero-order valence-corrected chi connectivity index (χ0v) is 18.1. The van der Waals surface area contributed by atoms with Crippen LogP contribution in [0.25, 0.3) is 0 Å². The molecular formula is C24H31NO5. The Bertz CT molecular complexity index is 911. The highest BCUT2D eigenvalue weighted by Gasteiger charge is 2.83. The van der Waals surface area contributed by atoms with Crippen LogP contribution in [0.15, 0.2) is 11.6 Å². The minimum absolute atomic E-state index is 0.0446. The van der Waals surface area contributed by atoms with Crippen LogP contribution in [0.3, 0.4) is 0 Å². The van der Waals surface area contributed by atoms with E-state index in [1.54, 1.807) is 7.05 Å². The summed E-state index contributed by atoms with van der Waals surface area (Å²) in [5.74, 6) is 0.296. The van der Waals surface area contributed by atoms with Gasteiger partial charge in [0.25, 0.3) is 0 Å². The molecule has 5 fully saturated rings. The van der Waals surface area contributed by atoms with Crippen molar-refractivity contribution in [3.63, 3.8) is 0 Å². The van der Waals surface area contributed by atoms with E-state index in [1.807, 2.05) is 6.08 Å². The van der Waals surface area contributed by atoms with Crippen LogP contribution in [0.5, 0.6) is 0 Å². The Morgan fingerprint density at radius 1 is 1.17 bits per heavy atom. The molecule has 4 unspecified atom stereocenters. The third-order valence-corrected chi connectivity index (χ3v) is 10.3. The molecule has 2 heterocycles. The minimum atomic E-state index is -0.403. The van der Waals surface area contributed by atoms with E-state index in [0.29, 0.717) is 19.3 Å². The van der Waals surface area contributed by atoms with Gasteiger partial charge in [-0.2, -0.15) is 0 Å². The Morgan fingerprint density at radius 3 is 2.67 bits per heavy atom. The van der Waals surface area contributed by atoms with Gasteiger partial charge in [-0.3, -0.25) is 14.4 Å². The minimum Gasteiger partial charge on any atom is -0.458 e. The van der Waals surface area contributed by atoms with E-state index in [-0.39, 0.29) is 57.9 Å². The van der Waals surface area contributed by atoms with Crippen molar-refractivity contribution in [3.05, 3.63) is 11.6 Å². The third kappa shape index (κ3) is 1.94. The second kappa shape index (κ2) is 5.56. The summed E-state index contributed by atoms with van der Waals surface area (Å²) in [5.41, 5.74) is -0.0188. The van der Waals surface area contributed by atoms with Crippen LogP contribution in [0.1, 0.15) is 65.2 Å². The molecule has 2 spiro atoms. The lowest BCUT2D eigenvalue weighted by Gasteiger charge is -2.58. The van der Waals surface area contributed by atoms with E-state index < -0.39 is 5.60 Å². The lowest BCUT2D eigenvalue weighted by atomic mass is 9.43. The Balaban J connectivity index is 1.49. The molecule has 0 radical (unpaired) electrons. The van der Waals surface area contributed by atoms with Gasteiger partial charge in [0.05, 0.1) is 6.10 Å². The highest BCUT2D eigenvalue weighted by molar-refractivity contribution is 5.92. The smallest absolute Gasteiger partial charge is 0.306 e. The Labute approximate surface area is 177 Å². The number of hydrogen-bond donors (Lipinski definition) is 1. The summed E-state index contributed by atoms with van der Waals surface area (Å²) >= 11 is 0. The zero-order chi connectivity index (χ0) is 21.1. The fourth-order valence-corrected chi connectivity index (χ4v) is 8.75. The highest BCUT2D eigenvalue weighted by Crippen LogP contribution is 2.78. The molecule has 0 aromatic rings.